The average Bonchev–Trinajstić information content (AvgIpc) is 2.75. The Hall–Kier alpha value is -3.60. The highest BCUT2D eigenvalue weighted by molar-refractivity contribution is 5.97. The minimum Gasteiger partial charge on any atom is -0.445 e. The van der Waals surface area contributed by atoms with Crippen LogP contribution in [0.4, 0.5) is 10.5 Å². The lowest BCUT2D eigenvalue weighted by molar-refractivity contribution is -0.118. The van der Waals surface area contributed by atoms with Gasteiger partial charge in [0.05, 0.1) is 0 Å². The Kier molecular flexibility index (Phi) is 7.22. The first-order valence-corrected chi connectivity index (χ1v) is 9.90. The molecule has 2 N–H and O–H groups in total. The van der Waals surface area contributed by atoms with Crippen LogP contribution in [0.3, 0.4) is 0 Å². The van der Waals surface area contributed by atoms with Gasteiger partial charge in [-0.3, -0.25) is 4.79 Å². The molecule has 0 saturated carbocycles. The molecule has 5 heteroatoms. The van der Waals surface area contributed by atoms with E-state index < -0.39 is 12.1 Å². The van der Waals surface area contributed by atoms with Crippen LogP contribution in [0, 0.1) is 13.8 Å². The lowest BCUT2D eigenvalue weighted by atomic mass is 10.0. The van der Waals surface area contributed by atoms with Gasteiger partial charge in [0, 0.05) is 12.1 Å². The van der Waals surface area contributed by atoms with E-state index in [0.717, 1.165) is 27.9 Å². The molecule has 2 amide bonds. The van der Waals surface area contributed by atoms with Gasteiger partial charge in [-0.1, -0.05) is 78.4 Å². The molecular weight excluding hydrogens is 376 g/mol. The first-order valence-electron chi connectivity index (χ1n) is 9.90. The number of aryl methyl sites for hydroxylation is 2. The fourth-order valence-corrected chi connectivity index (χ4v) is 3.14. The van der Waals surface area contributed by atoms with Gasteiger partial charge in [-0.2, -0.15) is 0 Å². The van der Waals surface area contributed by atoms with E-state index in [1.165, 1.54) is 0 Å². The maximum Gasteiger partial charge on any atom is 0.408 e. The molecule has 1 atom stereocenters. The summed E-state index contributed by atoms with van der Waals surface area (Å²) in [6, 6.07) is 24.0. The third-order valence-corrected chi connectivity index (χ3v) is 4.74. The topological polar surface area (TPSA) is 67.4 Å². The largest absolute Gasteiger partial charge is 0.445 e. The first kappa shape index (κ1) is 21.1. The van der Waals surface area contributed by atoms with Gasteiger partial charge in [0.15, 0.2) is 0 Å². The SMILES string of the molecule is Cc1ccc(NC(=O)[C@@H](Cc2ccccc2)NC(=O)OCc2ccccc2)c(C)c1. The number of rotatable bonds is 7. The van der Waals surface area contributed by atoms with Gasteiger partial charge in [-0.15, -0.1) is 0 Å². The van der Waals surface area contributed by atoms with Crippen molar-refractivity contribution in [3.05, 3.63) is 101 Å². The summed E-state index contributed by atoms with van der Waals surface area (Å²) < 4.78 is 5.31. The van der Waals surface area contributed by atoms with Crippen LogP contribution in [0.2, 0.25) is 0 Å². The Morgan fingerprint density at radius 2 is 1.50 bits per heavy atom. The molecule has 0 spiro atoms. The molecule has 30 heavy (non-hydrogen) atoms. The summed E-state index contributed by atoms with van der Waals surface area (Å²) in [7, 11) is 0. The zero-order valence-electron chi connectivity index (χ0n) is 17.2. The molecule has 0 saturated heterocycles. The number of carbonyl (C=O) groups is 2. The summed E-state index contributed by atoms with van der Waals surface area (Å²) in [6.45, 7) is 4.08. The van der Waals surface area contributed by atoms with Crippen LogP contribution in [0.25, 0.3) is 0 Å². The molecule has 0 aliphatic carbocycles. The summed E-state index contributed by atoms with van der Waals surface area (Å²) in [4.78, 5) is 25.4. The van der Waals surface area contributed by atoms with Crippen LogP contribution in [-0.2, 0) is 22.6 Å². The maximum atomic E-state index is 13.0. The molecule has 154 valence electrons. The van der Waals surface area contributed by atoms with E-state index in [9.17, 15) is 9.59 Å². The number of hydrogen-bond acceptors (Lipinski definition) is 3. The molecule has 0 aromatic heterocycles. The highest BCUT2D eigenvalue weighted by Gasteiger charge is 2.22. The Labute approximate surface area is 177 Å². The minimum absolute atomic E-state index is 0.142. The lowest BCUT2D eigenvalue weighted by Crippen LogP contribution is -2.45. The van der Waals surface area contributed by atoms with Gasteiger partial charge in [-0.05, 0) is 36.6 Å². The van der Waals surface area contributed by atoms with Crippen molar-refractivity contribution in [2.75, 3.05) is 5.32 Å². The number of anilines is 1. The van der Waals surface area contributed by atoms with E-state index in [-0.39, 0.29) is 12.5 Å². The normalized spacial score (nSPS) is 11.4. The quantitative estimate of drug-likeness (QED) is 0.598. The van der Waals surface area contributed by atoms with Gasteiger partial charge >= 0.3 is 6.09 Å². The fraction of sp³-hybridized carbons (Fsp3) is 0.200. The second-order valence-electron chi connectivity index (χ2n) is 7.26. The predicted molar refractivity (Wildman–Crippen MR) is 118 cm³/mol. The van der Waals surface area contributed by atoms with Crippen LogP contribution in [0.1, 0.15) is 22.3 Å². The number of benzene rings is 3. The van der Waals surface area contributed by atoms with Crippen LogP contribution in [0.15, 0.2) is 78.9 Å². The molecule has 0 heterocycles. The number of alkyl carbamates (subject to hydrolysis) is 1. The minimum atomic E-state index is -0.767. The fourth-order valence-electron chi connectivity index (χ4n) is 3.14. The van der Waals surface area contributed by atoms with E-state index in [1.54, 1.807) is 0 Å². The highest BCUT2D eigenvalue weighted by atomic mass is 16.5. The van der Waals surface area contributed by atoms with Crippen LogP contribution in [0.5, 0.6) is 0 Å². The predicted octanol–water partition coefficient (Wildman–Crippen LogP) is 4.78. The van der Waals surface area contributed by atoms with E-state index in [1.807, 2.05) is 92.7 Å². The maximum absolute atomic E-state index is 13.0. The number of amides is 2. The first-order chi connectivity index (χ1) is 14.5. The molecule has 3 rings (SSSR count). The van der Waals surface area contributed by atoms with Crippen LogP contribution >= 0.6 is 0 Å². The summed E-state index contributed by atoms with van der Waals surface area (Å²) in [5, 5.41) is 5.64. The molecule has 0 bridgehead atoms. The van der Waals surface area contributed by atoms with Crippen molar-refractivity contribution in [2.24, 2.45) is 0 Å². The molecule has 5 nitrogen and oxygen atoms in total. The summed E-state index contributed by atoms with van der Waals surface area (Å²) in [6.07, 6.45) is -0.270. The van der Waals surface area contributed by atoms with Crippen molar-refractivity contribution in [1.29, 1.82) is 0 Å². The Morgan fingerprint density at radius 1 is 0.867 bits per heavy atom. The van der Waals surface area contributed by atoms with Crippen molar-refractivity contribution in [3.63, 3.8) is 0 Å². The highest BCUT2D eigenvalue weighted by Crippen LogP contribution is 2.17. The van der Waals surface area contributed by atoms with E-state index in [0.29, 0.717) is 6.42 Å². The van der Waals surface area contributed by atoms with E-state index in [4.69, 9.17) is 4.74 Å². The number of ether oxygens (including phenoxy) is 1. The van der Waals surface area contributed by atoms with Crippen LogP contribution in [-0.4, -0.2) is 18.0 Å². The van der Waals surface area contributed by atoms with Crippen LogP contribution < -0.4 is 10.6 Å². The van der Waals surface area contributed by atoms with Crippen molar-refractivity contribution in [2.45, 2.75) is 32.9 Å². The zero-order valence-corrected chi connectivity index (χ0v) is 17.2. The number of carbonyl (C=O) groups excluding carboxylic acids is 2. The van der Waals surface area contributed by atoms with Gasteiger partial charge in [-0.25, -0.2) is 4.79 Å². The Morgan fingerprint density at radius 3 is 2.13 bits per heavy atom. The zero-order chi connectivity index (χ0) is 21.3. The van der Waals surface area contributed by atoms with Crippen molar-refractivity contribution < 1.29 is 14.3 Å². The second-order valence-corrected chi connectivity index (χ2v) is 7.26. The van der Waals surface area contributed by atoms with Crippen molar-refractivity contribution in [3.8, 4) is 0 Å². The standard InChI is InChI=1S/C25H26N2O3/c1-18-13-14-22(19(2)15-18)26-24(28)23(16-20-9-5-3-6-10-20)27-25(29)30-17-21-11-7-4-8-12-21/h3-15,23H,16-17H2,1-2H3,(H,26,28)(H,27,29)/t23-/m1/s1. The molecule has 0 fully saturated rings. The van der Waals surface area contributed by atoms with Gasteiger partial charge in [0.25, 0.3) is 0 Å². The average molecular weight is 402 g/mol. The summed E-state index contributed by atoms with van der Waals surface area (Å²) >= 11 is 0. The molecule has 0 unspecified atom stereocenters. The van der Waals surface area contributed by atoms with Gasteiger partial charge < -0.3 is 15.4 Å². The van der Waals surface area contributed by atoms with E-state index in [2.05, 4.69) is 10.6 Å². The number of hydrogen-bond donors (Lipinski definition) is 2. The third kappa shape index (κ3) is 6.21. The Balaban J connectivity index is 1.69. The number of nitrogens with one attached hydrogen (secondary N) is 2. The molecule has 0 aliphatic heterocycles. The molecule has 0 radical (unpaired) electrons. The Bertz CT molecular complexity index is 988. The lowest BCUT2D eigenvalue weighted by Gasteiger charge is -2.19. The molecule has 3 aromatic carbocycles. The molecular formula is C25H26N2O3. The smallest absolute Gasteiger partial charge is 0.408 e. The summed E-state index contributed by atoms with van der Waals surface area (Å²) in [5.74, 6) is -0.289. The van der Waals surface area contributed by atoms with Crippen molar-refractivity contribution in [1.82, 2.24) is 5.32 Å². The molecule has 0 aliphatic rings. The van der Waals surface area contributed by atoms with Gasteiger partial charge in [0.1, 0.15) is 12.6 Å². The monoisotopic (exact) mass is 402 g/mol. The van der Waals surface area contributed by atoms with Gasteiger partial charge in [0.2, 0.25) is 5.91 Å². The third-order valence-electron chi connectivity index (χ3n) is 4.74. The second kappa shape index (κ2) is 10.3. The van der Waals surface area contributed by atoms with Crippen molar-refractivity contribution >= 4 is 17.7 Å². The summed E-state index contributed by atoms with van der Waals surface area (Å²) in [5.41, 5.74) is 4.64. The molecule has 3 aromatic rings. The van der Waals surface area contributed by atoms with E-state index >= 15 is 0 Å².